The first-order valence-electron chi connectivity index (χ1n) is 2.02. The van der Waals surface area contributed by atoms with Crippen LogP contribution in [0.15, 0.2) is 0 Å². The summed E-state index contributed by atoms with van der Waals surface area (Å²) in [5.41, 5.74) is 5.25. The highest BCUT2D eigenvalue weighted by molar-refractivity contribution is 6.28. The minimum absolute atomic E-state index is 0.185. The molecule has 0 bridgehead atoms. The average Bonchev–Trinajstić information content (AvgIpc) is 1.85. The van der Waals surface area contributed by atoms with Gasteiger partial charge >= 0.3 is 0 Å². The van der Waals surface area contributed by atoms with E-state index in [1.165, 1.54) is 4.68 Å². The molecule has 1 aromatic heterocycles. The number of nitrogen functional groups attached to an aromatic ring is 1. The standard InChI is InChI=1S/C3H5ClN4/c1-8-3(5)6-2(4)7-8/h1H3,(H2,5,6,7). The molecule has 1 aromatic rings. The van der Waals surface area contributed by atoms with Crippen LogP contribution in [-0.4, -0.2) is 14.8 Å². The number of nitrogens with two attached hydrogens (primary N) is 1. The lowest BCUT2D eigenvalue weighted by Crippen LogP contribution is -1.97. The maximum atomic E-state index is 5.34. The van der Waals surface area contributed by atoms with Crippen LogP contribution in [0.1, 0.15) is 0 Å². The lowest BCUT2D eigenvalue weighted by molar-refractivity contribution is 0.778. The molecule has 0 amide bonds. The smallest absolute Gasteiger partial charge is 0.244 e. The van der Waals surface area contributed by atoms with Gasteiger partial charge in [-0.3, -0.25) is 0 Å². The molecule has 0 aliphatic carbocycles. The Bertz CT molecular complexity index is 174. The molecule has 0 aromatic carbocycles. The Morgan fingerprint density at radius 3 is 2.50 bits per heavy atom. The normalized spacial score (nSPS) is 9.75. The molecule has 0 aliphatic rings. The van der Waals surface area contributed by atoms with Crippen LogP contribution >= 0.6 is 11.6 Å². The lowest BCUT2D eigenvalue weighted by Gasteiger charge is -1.84. The van der Waals surface area contributed by atoms with Crippen LogP contribution in [0.25, 0.3) is 0 Å². The van der Waals surface area contributed by atoms with Crippen molar-refractivity contribution in [3.63, 3.8) is 0 Å². The van der Waals surface area contributed by atoms with E-state index in [1.54, 1.807) is 7.05 Å². The Kier molecular flexibility index (Phi) is 1.09. The third kappa shape index (κ3) is 0.742. The van der Waals surface area contributed by atoms with E-state index in [-0.39, 0.29) is 5.28 Å². The number of halogens is 1. The van der Waals surface area contributed by atoms with Crippen molar-refractivity contribution in [1.82, 2.24) is 14.8 Å². The number of hydrogen-bond donors (Lipinski definition) is 1. The molecule has 0 radical (unpaired) electrons. The fraction of sp³-hybridized carbons (Fsp3) is 0.333. The second-order valence-electron chi connectivity index (χ2n) is 1.36. The van der Waals surface area contributed by atoms with Crippen LogP contribution in [0.2, 0.25) is 5.28 Å². The molecule has 44 valence electrons. The van der Waals surface area contributed by atoms with E-state index in [4.69, 9.17) is 17.3 Å². The first kappa shape index (κ1) is 5.37. The van der Waals surface area contributed by atoms with Crippen molar-refractivity contribution in [2.75, 3.05) is 5.73 Å². The van der Waals surface area contributed by atoms with Gasteiger partial charge in [0.05, 0.1) is 0 Å². The summed E-state index contributed by atoms with van der Waals surface area (Å²) in [5, 5.41) is 3.84. The largest absolute Gasteiger partial charge is 0.368 e. The Balaban J connectivity index is 3.14. The van der Waals surface area contributed by atoms with E-state index in [0.29, 0.717) is 5.95 Å². The van der Waals surface area contributed by atoms with E-state index in [0.717, 1.165) is 0 Å². The maximum absolute atomic E-state index is 5.34. The van der Waals surface area contributed by atoms with Crippen LogP contribution in [0.4, 0.5) is 5.95 Å². The Hall–Kier alpha value is -0.770. The molecule has 0 fully saturated rings. The van der Waals surface area contributed by atoms with E-state index in [2.05, 4.69) is 10.1 Å². The van der Waals surface area contributed by atoms with Crippen LogP contribution < -0.4 is 5.73 Å². The van der Waals surface area contributed by atoms with Gasteiger partial charge in [0.15, 0.2) is 0 Å². The zero-order valence-electron chi connectivity index (χ0n) is 4.30. The molecule has 0 saturated heterocycles. The van der Waals surface area contributed by atoms with Gasteiger partial charge in [-0.2, -0.15) is 4.98 Å². The highest BCUT2D eigenvalue weighted by atomic mass is 35.5. The number of rotatable bonds is 0. The number of anilines is 1. The van der Waals surface area contributed by atoms with Gasteiger partial charge in [-0.25, -0.2) is 4.68 Å². The van der Waals surface area contributed by atoms with Crippen LogP contribution in [-0.2, 0) is 7.05 Å². The quantitative estimate of drug-likeness (QED) is 0.543. The molecule has 5 heteroatoms. The predicted molar refractivity (Wildman–Crippen MR) is 30.4 cm³/mol. The second-order valence-corrected chi connectivity index (χ2v) is 1.70. The third-order valence-electron chi connectivity index (χ3n) is 0.771. The maximum Gasteiger partial charge on any atom is 0.244 e. The summed E-state index contributed by atoms with van der Waals surface area (Å²) in [4.78, 5) is 3.61. The highest BCUT2D eigenvalue weighted by Gasteiger charge is 1.96. The number of nitrogens with zero attached hydrogens (tertiary/aromatic N) is 3. The Morgan fingerprint density at radius 2 is 2.38 bits per heavy atom. The van der Waals surface area contributed by atoms with Crippen LogP contribution in [0.3, 0.4) is 0 Å². The fourth-order valence-electron chi connectivity index (χ4n) is 0.364. The summed E-state index contributed by atoms with van der Waals surface area (Å²) in [6, 6.07) is 0. The molecule has 0 aliphatic heterocycles. The Morgan fingerprint density at radius 1 is 1.75 bits per heavy atom. The monoisotopic (exact) mass is 132 g/mol. The molecule has 1 rings (SSSR count). The van der Waals surface area contributed by atoms with Crippen LogP contribution in [0, 0.1) is 0 Å². The van der Waals surface area contributed by atoms with Crippen molar-refractivity contribution in [1.29, 1.82) is 0 Å². The zero-order valence-corrected chi connectivity index (χ0v) is 5.05. The number of aryl methyl sites for hydroxylation is 1. The zero-order chi connectivity index (χ0) is 6.15. The van der Waals surface area contributed by atoms with Crippen molar-refractivity contribution in [3.8, 4) is 0 Å². The first-order valence-corrected chi connectivity index (χ1v) is 2.40. The summed E-state index contributed by atoms with van der Waals surface area (Å²) in [5.74, 6) is 0.329. The van der Waals surface area contributed by atoms with E-state index < -0.39 is 0 Å². The second kappa shape index (κ2) is 1.63. The number of hydrogen-bond acceptors (Lipinski definition) is 3. The average molecular weight is 133 g/mol. The van der Waals surface area contributed by atoms with E-state index in [9.17, 15) is 0 Å². The van der Waals surface area contributed by atoms with Crippen molar-refractivity contribution in [3.05, 3.63) is 5.28 Å². The lowest BCUT2D eigenvalue weighted by atomic mass is 11.0. The minimum atomic E-state index is 0.185. The van der Waals surface area contributed by atoms with Gasteiger partial charge < -0.3 is 5.73 Å². The molecule has 8 heavy (non-hydrogen) atoms. The summed E-state index contributed by atoms with van der Waals surface area (Å²) in [6.07, 6.45) is 0. The third-order valence-corrected chi connectivity index (χ3v) is 0.931. The molecule has 1 heterocycles. The molecule has 2 N–H and O–H groups in total. The van der Waals surface area contributed by atoms with Gasteiger partial charge in [0, 0.05) is 7.05 Å². The van der Waals surface area contributed by atoms with Crippen molar-refractivity contribution in [2.24, 2.45) is 7.05 Å². The molecule has 0 saturated carbocycles. The van der Waals surface area contributed by atoms with Gasteiger partial charge in [-0.05, 0) is 11.6 Å². The van der Waals surface area contributed by atoms with Gasteiger partial charge in [-0.1, -0.05) is 0 Å². The predicted octanol–water partition coefficient (Wildman–Crippen LogP) is 0.0507. The molecule has 0 spiro atoms. The van der Waals surface area contributed by atoms with Crippen LogP contribution in [0.5, 0.6) is 0 Å². The highest BCUT2D eigenvalue weighted by Crippen LogP contribution is 2.01. The van der Waals surface area contributed by atoms with E-state index >= 15 is 0 Å². The van der Waals surface area contributed by atoms with Gasteiger partial charge in [0.25, 0.3) is 0 Å². The van der Waals surface area contributed by atoms with Crippen molar-refractivity contribution >= 4 is 17.5 Å². The molecular weight excluding hydrogens is 128 g/mol. The van der Waals surface area contributed by atoms with Crippen molar-refractivity contribution in [2.45, 2.75) is 0 Å². The first-order chi connectivity index (χ1) is 3.70. The molecule has 0 unspecified atom stereocenters. The van der Waals surface area contributed by atoms with E-state index in [1.807, 2.05) is 0 Å². The van der Waals surface area contributed by atoms with Gasteiger partial charge in [0.2, 0.25) is 11.2 Å². The summed E-state index contributed by atoms with van der Waals surface area (Å²) < 4.78 is 1.41. The fourth-order valence-corrected chi connectivity index (χ4v) is 0.564. The topological polar surface area (TPSA) is 56.7 Å². The molecule has 0 atom stereocenters. The molecule has 4 nitrogen and oxygen atoms in total. The summed E-state index contributed by atoms with van der Waals surface area (Å²) in [6.45, 7) is 0. The SMILES string of the molecule is Cn1nc(Cl)nc1N. The van der Waals surface area contributed by atoms with Gasteiger partial charge in [0.1, 0.15) is 0 Å². The summed E-state index contributed by atoms with van der Waals surface area (Å²) in [7, 11) is 1.67. The van der Waals surface area contributed by atoms with Gasteiger partial charge in [-0.15, -0.1) is 5.10 Å². The summed E-state index contributed by atoms with van der Waals surface area (Å²) >= 11 is 5.34. The van der Waals surface area contributed by atoms with Crippen molar-refractivity contribution < 1.29 is 0 Å². The molecular formula is C3H5ClN4. The Labute approximate surface area is 51.3 Å². The minimum Gasteiger partial charge on any atom is -0.368 e. The number of aromatic nitrogens is 3.